The predicted molar refractivity (Wildman–Crippen MR) is 173 cm³/mol. The zero-order chi connectivity index (χ0) is 35.2. The van der Waals surface area contributed by atoms with Crippen molar-refractivity contribution in [3.8, 4) is 0 Å². The van der Waals surface area contributed by atoms with E-state index in [-0.39, 0.29) is 17.8 Å². The maximum atomic E-state index is 14.1. The number of hydrogen-bond donors (Lipinski definition) is 4. The topological polar surface area (TPSA) is 158 Å². The number of nitrogens with one attached hydrogen (secondary N) is 3. The molecule has 10 nitrogen and oxygen atoms in total. The van der Waals surface area contributed by atoms with Crippen molar-refractivity contribution in [2.45, 2.75) is 57.7 Å². The molecule has 1 aliphatic heterocycles. The van der Waals surface area contributed by atoms with Crippen LogP contribution in [0.2, 0.25) is 0 Å². The van der Waals surface area contributed by atoms with Crippen molar-refractivity contribution in [3.63, 3.8) is 0 Å². The van der Waals surface area contributed by atoms with Crippen LogP contribution in [0.3, 0.4) is 0 Å². The van der Waals surface area contributed by atoms with Crippen molar-refractivity contribution in [2.75, 3.05) is 32.7 Å². The molecule has 0 saturated carbocycles. The fraction of sp³-hybridized carbons (Fsp3) is 0.429. The second-order valence-corrected chi connectivity index (χ2v) is 11.8. The van der Waals surface area contributed by atoms with Crippen molar-refractivity contribution in [1.29, 1.82) is 0 Å². The average Bonchev–Trinajstić information content (AvgIpc) is 3.06. The van der Waals surface area contributed by atoms with Crippen molar-refractivity contribution in [3.05, 3.63) is 83.9 Å². The lowest BCUT2D eigenvalue weighted by atomic mass is 9.74. The summed E-state index contributed by atoms with van der Waals surface area (Å²) in [5.74, 6) is -3.19. The minimum absolute atomic E-state index is 0.0245. The number of halogens is 3. The van der Waals surface area contributed by atoms with Crippen LogP contribution in [-0.2, 0) is 27.2 Å². The van der Waals surface area contributed by atoms with Gasteiger partial charge in [-0.1, -0.05) is 72.8 Å². The van der Waals surface area contributed by atoms with E-state index in [1.807, 2.05) is 67.6 Å². The summed E-state index contributed by atoms with van der Waals surface area (Å²) in [6, 6.07) is 23.1. The molecule has 6 N–H and O–H groups in total. The average molecular weight is 672 g/mol. The highest BCUT2D eigenvalue weighted by Gasteiger charge is 2.44. The van der Waals surface area contributed by atoms with Gasteiger partial charge in [0.05, 0.1) is 12.0 Å². The standard InChI is InChI=1S/C33H43N5O3.C2HF3O2/c1-2-35-31(40)33(23-25-11-4-3-5-12-25)17-10-20-38(24-33)30(39)29(37-32(41)36-19-9-8-18-34)22-26-15-16-27-13-6-7-14-28(27)21-26;3-2(4,5)1(6)7/h3-7,11-16,21,29H,2,8-10,17-20,22-24,34H2,1H3,(H,35,40)(H2,36,37,41);(H,6,7)/t29-,33+;/m1./s1. The highest BCUT2D eigenvalue weighted by atomic mass is 19.4. The van der Waals surface area contributed by atoms with Crippen LogP contribution < -0.4 is 26.8 Å². The molecule has 3 aromatic rings. The van der Waals surface area contributed by atoms with Gasteiger partial charge in [-0.25, -0.2) is 4.79 Å². The lowest BCUT2D eigenvalue weighted by molar-refractivity contribution is -0.368. The van der Waals surface area contributed by atoms with Crippen LogP contribution in [0.4, 0.5) is 18.0 Å². The van der Waals surface area contributed by atoms with Gasteiger partial charge in [0, 0.05) is 32.6 Å². The van der Waals surface area contributed by atoms with Crippen LogP contribution >= 0.6 is 0 Å². The molecule has 0 aliphatic carbocycles. The number of alkyl halides is 3. The van der Waals surface area contributed by atoms with E-state index in [1.165, 1.54) is 0 Å². The molecule has 1 heterocycles. The summed E-state index contributed by atoms with van der Waals surface area (Å²) in [6.45, 7) is 4.66. The molecular weight excluding hydrogens is 627 g/mol. The summed E-state index contributed by atoms with van der Waals surface area (Å²) in [6.07, 6.45) is -1.10. The van der Waals surface area contributed by atoms with Gasteiger partial charge in [0.15, 0.2) is 0 Å². The minimum Gasteiger partial charge on any atom is -0.542 e. The summed E-state index contributed by atoms with van der Waals surface area (Å²) < 4.78 is 31.5. The van der Waals surface area contributed by atoms with Gasteiger partial charge < -0.3 is 36.5 Å². The molecule has 4 rings (SSSR count). The maximum absolute atomic E-state index is 14.1. The molecule has 48 heavy (non-hydrogen) atoms. The number of amides is 4. The SMILES string of the molecule is CCNC(=O)[C@]1(Cc2ccccc2)CCCN(C(=O)[C@@H](Cc2ccc3ccccc3c2)NC(=O)NCCCC[NH3+])C1.O=C([O-])C(F)(F)F. The Bertz CT molecular complexity index is 1520. The Balaban J connectivity index is 0.000000804. The van der Waals surface area contributed by atoms with Crippen molar-refractivity contribution >= 4 is 34.6 Å². The van der Waals surface area contributed by atoms with Gasteiger partial charge in [-0.05, 0) is 60.9 Å². The number of unbranched alkanes of at least 4 members (excludes halogenated alkanes) is 1. The van der Waals surface area contributed by atoms with Gasteiger partial charge in [0.25, 0.3) is 0 Å². The lowest BCUT2D eigenvalue weighted by Crippen LogP contribution is -2.59. The van der Waals surface area contributed by atoms with Crippen LogP contribution in [0.25, 0.3) is 10.8 Å². The van der Waals surface area contributed by atoms with E-state index in [2.05, 4.69) is 33.8 Å². The zero-order valence-electron chi connectivity index (χ0n) is 27.1. The maximum Gasteiger partial charge on any atom is 0.430 e. The molecule has 0 unspecified atom stereocenters. The molecule has 13 heteroatoms. The van der Waals surface area contributed by atoms with Crippen LogP contribution in [0.1, 0.15) is 43.7 Å². The number of fused-ring (bicyclic) bond motifs is 1. The van der Waals surface area contributed by atoms with Crippen molar-refractivity contribution in [1.82, 2.24) is 20.9 Å². The van der Waals surface area contributed by atoms with Gasteiger partial charge in [-0.15, -0.1) is 0 Å². The molecule has 2 atom stereocenters. The van der Waals surface area contributed by atoms with E-state index in [9.17, 15) is 27.6 Å². The largest absolute Gasteiger partial charge is 0.542 e. The first-order valence-electron chi connectivity index (χ1n) is 16.1. The van der Waals surface area contributed by atoms with Gasteiger partial charge in [0.1, 0.15) is 12.0 Å². The van der Waals surface area contributed by atoms with E-state index >= 15 is 0 Å². The monoisotopic (exact) mass is 671 g/mol. The smallest absolute Gasteiger partial charge is 0.430 e. The normalized spacial score (nSPS) is 16.6. The fourth-order valence-corrected chi connectivity index (χ4v) is 5.80. The Labute approximate surface area is 278 Å². The van der Waals surface area contributed by atoms with E-state index < -0.39 is 23.6 Å². The zero-order valence-corrected chi connectivity index (χ0v) is 27.1. The highest BCUT2D eigenvalue weighted by molar-refractivity contribution is 5.90. The third kappa shape index (κ3) is 11.3. The second-order valence-electron chi connectivity index (χ2n) is 11.8. The number of piperidine rings is 1. The Morgan fingerprint density at radius 2 is 1.60 bits per heavy atom. The first-order chi connectivity index (χ1) is 22.9. The number of quaternary nitrogens is 1. The van der Waals surface area contributed by atoms with E-state index in [0.29, 0.717) is 45.4 Å². The summed E-state index contributed by atoms with van der Waals surface area (Å²) in [5.41, 5.74) is 5.16. The van der Waals surface area contributed by atoms with Crippen molar-refractivity contribution in [2.24, 2.45) is 5.41 Å². The predicted octanol–water partition coefficient (Wildman–Crippen LogP) is 2.36. The number of rotatable bonds is 12. The summed E-state index contributed by atoms with van der Waals surface area (Å²) in [4.78, 5) is 51.1. The molecule has 0 spiro atoms. The van der Waals surface area contributed by atoms with E-state index in [4.69, 9.17) is 9.90 Å². The highest BCUT2D eigenvalue weighted by Crippen LogP contribution is 2.35. The molecule has 1 aliphatic rings. The number of benzene rings is 3. The Morgan fingerprint density at radius 3 is 2.25 bits per heavy atom. The Hall–Kier alpha value is -4.65. The Morgan fingerprint density at radius 1 is 0.938 bits per heavy atom. The van der Waals surface area contributed by atoms with Gasteiger partial charge in [-0.3, -0.25) is 9.59 Å². The van der Waals surface area contributed by atoms with Crippen molar-refractivity contribution < 1.29 is 43.2 Å². The molecule has 0 bridgehead atoms. The second kappa shape index (κ2) is 18.0. The number of hydrogen-bond acceptors (Lipinski definition) is 5. The quantitative estimate of drug-likeness (QED) is 0.218. The minimum atomic E-state index is -5.19. The van der Waals surface area contributed by atoms with E-state index in [0.717, 1.165) is 47.7 Å². The third-order valence-corrected chi connectivity index (χ3v) is 8.14. The molecular formula is C35H44F3N5O5. The summed E-state index contributed by atoms with van der Waals surface area (Å²) in [5, 5.41) is 19.9. The van der Waals surface area contributed by atoms with Crippen LogP contribution in [0.15, 0.2) is 72.8 Å². The van der Waals surface area contributed by atoms with E-state index in [1.54, 1.807) is 4.90 Å². The Kier molecular flexibility index (Phi) is 14.2. The lowest BCUT2D eigenvalue weighted by Gasteiger charge is -2.43. The first-order valence-corrected chi connectivity index (χ1v) is 16.1. The van der Waals surface area contributed by atoms with Gasteiger partial charge in [0.2, 0.25) is 11.8 Å². The number of nitrogens with zero attached hydrogens (tertiary/aromatic N) is 1. The molecule has 1 fully saturated rings. The number of likely N-dealkylation sites (tertiary alicyclic amines) is 1. The molecule has 260 valence electrons. The van der Waals surface area contributed by atoms with Crippen LogP contribution in [0, 0.1) is 5.41 Å². The molecule has 1 saturated heterocycles. The number of carbonyl (C=O) groups excluding carboxylic acids is 4. The third-order valence-electron chi connectivity index (χ3n) is 8.14. The number of urea groups is 1. The number of carbonyl (C=O) groups is 4. The molecule has 3 aromatic carbocycles. The number of carboxylic acids is 1. The van der Waals surface area contributed by atoms with Crippen LogP contribution in [-0.4, -0.2) is 73.7 Å². The number of aliphatic carboxylic acids is 1. The fourth-order valence-electron chi connectivity index (χ4n) is 5.80. The molecule has 0 radical (unpaired) electrons. The van der Waals surface area contributed by atoms with Gasteiger partial charge in [-0.2, -0.15) is 13.2 Å². The molecule has 0 aromatic heterocycles. The summed E-state index contributed by atoms with van der Waals surface area (Å²) >= 11 is 0. The first kappa shape index (κ1) is 37.8. The van der Waals surface area contributed by atoms with Gasteiger partial charge >= 0.3 is 12.2 Å². The molecule has 4 amide bonds. The number of carboxylic acid groups (broad SMARTS) is 1. The van der Waals surface area contributed by atoms with Crippen LogP contribution in [0.5, 0.6) is 0 Å². The summed E-state index contributed by atoms with van der Waals surface area (Å²) in [7, 11) is 0.